The number of benzene rings is 1. The molecule has 0 aliphatic carbocycles. The van der Waals surface area contributed by atoms with Crippen LogP contribution in [0.4, 0.5) is 11.4 Å². The second-order valence-corrected chi connectivity index (χ2v) is 4.32. The van der Waals surface area contributed by atoms with Gasteiger partial charge in [0.15, 0.2) is 0 Å². The van der Waals surface area contributed by atoms with Crippen LogP contribution in [0.25, 0.3) is 0 Å². The third-order valence-corrected chi connectivity index (χ3v) is 1.94. The maximum Gasteiger partial charge on any atom is 0.229 e. The molecule has 4 nitrogen and oxygen atoms in total. The van der Waals surface area contributed by atoms with E-state index in [1.807, 2.05) is 20.8 Å². The lowest BCUT2D eigenvalue weighted by atomic mass is 9.95. The van der Waals surface area contributed by atoms with Gasteiger partial charge in [0, 0.05) is 5.41 Å². The summed E-state index contributed by atoms with van der Waals surface area (Å²) in [5, 5.41) is 5.80. The van der Waals surface area contributed by atoms with E-state index in [9.17, 15) is 4.79 Å². The van der Waals surface area contributed by atoms with Gasteiger partial charge in [0.2, 0.25) is 5.91 Å². The average molecular weight is 204 g/mol. The van der Waals surface area contributed by atoms with Crippen LogP contribution in [-0.2, 0) is 4.79 Å². The van der Waals surface area contributed by atoms with Gasteiger partial charge in [0.05, 0.1) is 5.69 Å². The van der Waals surface area contributed by atoms with Crippen molar-refractivity contribution in [1.82, 2.24) is 5.53 Å². The summed E-state index contributed by atoms with van der Waals surface area (Å²) in [5.74, 6) is -0.112. The second kappa shape index (κ2) is 4.21. The molecule has 1 radical (unpaired) electrons. The lowest BCUT2D eigenvalue weighted by Crippen LogP contribution is -2.27. The average Bonchev–Trinajstić information content (AvgIpc) is 2.17. The van der Waals surface area contributed by atoms with Crippen molar-refractivity contribution in [2.75, 3.05) is 5.32 Å². The molecule has 0 saturated carbocycles. The fourth-order valence-electron chi connectivity index (χ4n) is 0.976. The minimum absolute atomic E-state index is 0.112. The van der Waals surface area contributed by atoms with E-state index in [2.05, 4.69) is 10.4 Å². The number of nitrogens with zero attached hydrogens (tertiary/aromatic N) is 2. The Hall–Kier alpha value is -1.71. The highest BCUT2D eigenvalue weighted by Crippen LogP contribution is 2.25. The maximum absolute atomic E-state index is 11.7. The van der Waals surface area contributed by atoms with E-state index in [1.165, 1.54) is 0 Å². The summed E-state index contributed by atoms with van der Waals surface area (Å²) in [4.78, 5) is 11.7. The van der Waals surface area contributed by atoms with Crippen LogP contribution in [-0.4, -0.2) is 5.91 Å². The van der Waals surface area contributed by atoms with Crippen LogP contribution in [0, 0.1) is 5.41 Å². The van der Waals surface area contributed by atoms with E-state index in [0.717, 1.165) is 0 Å². The van der Waals surface area contributed by atoms with Crippen LogP contribution in [0.5, 0.6) is 0 Å². The minimum atomic E-state index is -0.470. The number of rotatable bonds is 2. The Bertz CT molecular complexity index is 380. The van der Waals surface area contributed by atoms with Crippen LogP contribution in [0.1, 0.15) is 20.8 Å². The molecule has 1 aromatic carbocycles. The zero-order chi connectivity index (χ0) is 11.5. The van der Waals surface area contributed by atoms with Gasteiger partial charge in [0.1, 0.15) is 5.69 Å². The standard InChI is InChI=1S/C11H14N3O/c1-11(2,3)10(15)13-8-6-4-5-7-9(8)14-12/h4-7H,1-3H3,(H,13,15). The lowest BCUT2D eigenvalue weighted by Gasteiger charge is -2.18. The van der Waals surface area contributed by atoms with Crippen LogP contribution in [0.15, 0.2) is 29.4 Å². The van der Waals surface area contributed by atoms with Crippen LogP contribution in [0.2, 0.25) is 0 Å². The molecule has 0 aliphatic rings. The Morgan fingerprint density at radius 1 is 1.33 bits per heavy atom. The molecule has 0 spiro atoms. The predicted octanol–water partition coefficient (Wildman–Crippen LogP) is 2.56. The van der Waals surface area contributed by atoms with Gasteiger partial charge < -0.3 is 5.32 Å². The molecule has 0 aliphatic heterocycles. The van der Waals surface area contributed by atoms with Gasteiger partial charge in [-0.15, -0.1) is 5.11 Å². The topological polar surface area (TPSA) is 63.8 Å². The van der Waals surface area contributed by atoms with Crippen molar-refractivity contribution in [2.45, 2.75) is 20.8 Å². The maximum atomic E-state index is 11.7. The Morgan fingerprint density at radius 2 is 1.93 bits per heavy atom. The van der Waals surface area contributed by atoms with Crippen molar-refractivity contribution >= 4 is 17.3 Å². The van der Waals surface area contributed by atoms with Gasteiger partial charge in [-0.3, -0.25) is 4.79 Å². The van der Waals surface area contributed by atoms with Gasteiger partial charge in [-0.2, -0.15) is 0 Å². The molecule has 0 atom stereocenters. The van der Waals surface area contributed by atoms with E-state index in [-0.39, 0.29) is 5.91 Å². The van der Waals surface area contributed by atoms with Crippen molar-refractivity contribution in [3.63, 3.8) is 0 Å². The SMILES string of the molecule is CC(C)(C)C(=O)Nc1ccccc1N=[N]. The smallest absolute Gasteiger partial charge is 0.229 e. The number of amides is 1. The van der Waals surface area contributed by atoms with Crippen LogP contribution in [0.3, 0.4) is 0 Å². The highest BCUT2D eigenvalue weighted by atomic mass is 16.2. The zero-order valence-electron chi connectivity index (χ0n) is 9.11. The molecule has 0 saturated heterocycles. The molecular weight excluding hydrogens is 190 g/mol. The van der Waals surface area contributed by atoms with Crippen LogP contribution < -0.4 is 10.8 Å². The first-order chi connectivity index (χ1) is 6.95. The fraction of sp³-hybridized carbons (Fsp3) is 0.364. The van der Waals surface area contributed by atoms with Gasteiger partial charge in [-0.05, 0) is 17.7 Å². The molecule has 0 unspecified atom stereocenters. The van der Waals surface area contributed by atoms with Crippen molar-refractivity contribution in [3.05, 3.63) is 24.3 Å². The second-order valence-electron chi connectivity index (χ2n) is 4.32. The summed E-state index contributed by atoms with van der Waals surface area (Å²) in [6.07, 6.45) is 0. The number of para-hydroxylation sites is 1. The summed E-state index contributed by atoms with van der Waals surface area (Å²) in [7, 11) is 0. The largest absolute Gasteiger partial charge is 0.324 e. The Morgan fingerprint density at radius 3 is 2.47 bits per heavy atom. The number of hydrogen-bond donors (Lipinski definition) is 1. The number of anilines is 1. The van der Waals surface area contributed by atoms with E-state index in [0.29, 0.717) is 11.4 Å². The molecule has 0 aromatic heterocycles. The number of carbonyl (C=O) groups excluding carboxylic acids is 1. The normalized spacial score (nSPS) is 10.9. The molecule has 0 bridgehead atoms. The summed E-state index contributed by atoms with van der Waals surface area (Å²) < 4.78 is 0. The Balaban J connectivity index is 2.90. The van der Waals surface area contributed by atoms with Crippen molar-refractivity contribution in [1.29, 1.82) is 0 Å². The van der Waals surface area contributed by atoms with E-state index >= 15 is 0 Å². The van der Waals surface area contributed by atoms with Crippen molar-refractivity contribution < 1.29 is 4.79 Å². The monoisotopic (exact) mass is 204 g/mol. The van der Waals surface area contributed by atoms with Crippen molar-refractivity contribution in [2.24, 2.45) is 10.5 Å². The summed E-state index contributed by atoms with van der Waals surface area (Å²) in [6.45, 7) is 5.46. The molecular formula is C11H14N3O. The fourth-order valence-corrected chi connectivity index (χ4v) is 0.976. The first-order valence-corrected chi connectivity index (χ1v) is 4.71. The first-order valence-electron chi connectivity index (χ1n) is 4.71. The van der Waals surface area contributed by atoms with E-state index in [4.69, 9.17) is 5.53 Å². The molecule has 4 heteroatoms. The van der Waals surface area contributed by atoms with E-state index < -0.39 is 5.41 Å². The molecule has 0 heterocycles. The molecule has 1 rings (SSSR count). The molecule has 15 heavy (non-hydrogen) atoms. The third kappa shape index (κ3) is 2.87. The number of nitrogens with one attached hydrogen (secondary N) is 1. The van der Waals surface area contributed by atoms with Gasteiger partial charge in [-0.1, -0.05) is 32.9 Å². The molecule has 1 N–H and O–H groups in total. The quantitative estimate of drug-likeness (QED) is 0.739. The van der Waals surface area contributed by atoms with Gasteiger partial charge in [-0.25, -0.2) is 0 Å². The number of hydrogen-bond acceptors (Lipinski definition) is 2. The lowest BCUT2D eigenvalue weighted by molar-refractivity contribution is -0.123. The van der Waals surface area contributed by atoms with Crippen LogP contribution >= 0.6 is 0 Å². The summed E-state index contributed by atoms with van der Waals surface area (Å²) in [6, 6.07) is 6.83. The zero-order valence-corrected chi connectivity index (χ0v) is 9.11. The summed E-state index contributed by atoms with van der Waals surface area (Å²) in [5.41, 5.74) is 9.11. The minimum Gasteiger partial charge on any atom is -0.324 e. The third-order valence-electron chi connectivity index (χ3n) is 1.94. The highest BCUT2D eigenvalue weighted by Gasteiger charge is 2.21. The first kappa shape index (κ1) is 11.4. The predicted molar refractivity (Wildman–Crippen MR) is 58.7 cm³/mol. The summed E-state index contributed by atoms with van der Waals surface area (Å²) >= 11 is 0. The number of carbonyl (C=O) groups is 1. The Kier molecular flexibility index (Phi) is 3.19. The van der Waals surface area contributed by atoms with Gasteiger partial charge >= 0.3 is 0 Å². The Labute approximate surface area is 89.2 Å². The molecule has 1 amide bonds. The van der Waals surface area contributed by atoms with Gasteiger partial charge in [0.25, 0.3) is 0 Å². The molecule has 79 valence electrons. The van der Waals surface area contributed by atoms with Crippen molar-refractivity contribution in [3.8, 4) is 0 Å². The van der Waals surface area contributed by atoms with E-state index in [1.54, 1.807) is 24.3 Å². The highest BCUT2D eigenvalue weighted by molar-refractivity contribution is 5.96. The molecule has 0 fully saturated rings. The molecule has 1 aromatic rings.